The Morgan fingerprint density at radius 1 is 1.04 bits per heavy atom. The fraction of sp³-hybridized carbons (Fsp3) is 0.297. The van der Waals surface area contributed by atoms with Crippen LogP contribution in [0.5, 0.6) is 11.5 Å². The van der Waals surface area contributed by atoms with Crippen LogP contribution < -0.4 is 25.7 Å². The number of hydrogen-bond donors (Lipinski definition) is 2. The van der Waals surface area contributed by atoms with Gasteiger partial charge in [0, 0.05) is 44.6 Å². The van der Waals surface area contributed by atoms with Crippen LogP contribution in [0.2, 0.25) is 0 Å². The Kier molecular flexibility index (Phi) is 8.09. The topological polar surface area (TPSA) is 78.8 Å². The Bertz CT molecular complexity index is 1990. The first-order chi connectivity index (χ1) is 22.4. The van der Waals surface area contributed by atoms with Gasteiger partial charge in [-0.2, -0.15) is 0 Å². The van der Waals surface area contributed by atoms with Crippen molar-refractivity contribution in [1.29, 1.82) is 0 Å². The highest BCUT2D eigenvalue weighted by molar-refractivity contribution is 6.02. The van der Waals surface area contributed by atoms with Crippen molar-refractivity contribution >= 4 is 39.0 Å². The van der Waals surface area contributed by atoms with Crippen molar-refractivity contribution in [2.24, 2.45) is 0 Å². The molecule has 1 aromatic heterocycles. The maximum atomic E-state index is 15.9. The van der Waals surface area contributed by atoms with E-state index in [9.17, 15) is 9.59 Å². The second-order valence-corrected chi connectivity index (χ2v) is 12.3. The standard InChI is InChI=1S/C37H38FN5O3/c1-41-18-8-14-27(41)15-17-40-37(45)29-23-43-31-20-24-10-6-7-11-25(24)21-32(31)46-36-33(30(38)22-28(34(36)43)35(29)44)39-16-9-19-42(2)26-12-4-3-5-13-26/h3-7,10-13,20-23,27,39H,8-9,14-19H2,1-2H3,(H,40,45). The number of carbonyl (C=O) groups excluding carboxylic acids is 1. The van der Waals surface area contributed by atoms with Crippen LogP contribution in [0.3, 0.4) is 0 Å². The van der Waals surface area contributed by atoms with E-state index in [0.717, 1.165) is 55.2 Å². The summed E-state index contributed by atoms with van der Waals surface area (Å²) in [7, 11) is 4.13. The van der Waals surface area contributed by atoms with E-state index in [1.165, 1.54) is 6.07 Å². The third kappa shape index (κ3) is 5.56. The van der Waals surface area contributed by atoms with E-state index in [1.54, 1.807) is 6.20 Å². The SMILES string of the molecule is CN(CCCNc1c(F)cc2c(=O)c(C(=O)NCCC3CCCN3C)cn3c2c1Oc1cc2ccccc2cc1-3)c1ccccc1. The molecule has 0 radical (unpaired) electrons. The lowest BCUT2D eigenvalue weighted by Crippen LogP contribution is -2.34. The predicted octanol–water partition coefficient (Wildman–Crippen LogP) is 6.54. The molecule has 0 spiro atoms. The van der Waals surface area contributed by atoms with Crippen LogP contribution in [-0.4, -0.2) is 61.7 Å². The van der Waals surface area contributed by atoms with Crippen LogP contribution in [0.25, 0.3) is 27.4 Å². The highest BCUT2D eigenvalue weighted by Gasteiger charge is 2.29. The number of rotatable bonds is 10. The predicted molar refractivity (Wildman–Crippen MR) is 183 cm³/mol. The lowest BCUT2D eigenvalue weighted by Gasteiger charge is -2.27. The van der Waals surface area contributed by atoms with E-state index in [4.69, 9.17) is 4.74 Å². The molecule has 1 amide bonds. The molecule has 1 unspecified atom stereocenters. The van der Waals surface area contributed by atoms with E-state index < -0.39 is 17.2 Å². The molecule has 0 bridgehead atoms. The molecule has 1 fully saturated rings. The average Bonchev–Trinajstić information content (AvgIpc) is 3.48. The highest BCUT2D eigenvalue weighted by atomic mass is 19.1. The zero-order valence-electron chi connectivity index (χ0n) is 26.2. The van der Waals surface area contributed by atoms with Crippen LogP contribution in [-0.2, 0) is 0 Å². The third-order valence-corrected chi connectivity index (χ3v) is 9.34. The quantitative estimate of drug-likeness (QED) is 0.170. The molecule has 236 valence electrons. The van der Waals surface area contributed by atoms with Gasteiger partial charge in [0.05, 0.1) is 11.1 Å². The minimum Gasteiger partial charge on any atom is -0.451 e. The Balaban J connectivity index is 1.23. The van der Waals surface area contributed by atoms with Gasteiger partial charge >= 0.3 is 0 Å². The number of fused-ring (bicyclic) bond motifs is 3. The van der Waals surface area contributed by atoms with Crippen LogP contribution in [0.4, 0.5) is 15.8 Å². The third-order valence-electron chi connectivity index (χ3n) is 9.34. The summed E-state index contributed by atoms with van der Waals surface area (Å²) in [5, 5.41) is 8.25. The number of benzene rings is 4. The highest BCUT2D eigenvalue weighted by Crippen LogP contribution is 2.46. The summed E-state index contributed by atoms with van der Waals surface area (Å²) in [6, 6.07) is 23.5. The molecule has 3 heterocycles. The van der Waals surface area contributed by atoms with Crippen molar-refractivity contribution in [1.82, 2.24) is 14.8 Å². The normalized spacial score (nSPS) is 15.5. The summed E-state index contributed by atoms with van der Waals surface area (Å²) in [5.74, 6) is -0.308. The maximum absolute atomic E-state index is 15.9. The van der Waals surface area contributed by atoms with Crippen LogP contribution >= 0.6 is 0 Å². The van der Waals surface area contributed by atoms with Crippen LogP contribution in [0.1, 0.15) is 36.0 Å². The van der Waals surface area contributed by atoms with Crippen molar-refractivity contribution < 1.29 is 13.9 Å². The number of carbonyl (C=O) groups is 1. The van der Waals surface area contributed by atoms with Gasteiger partial charge < -0.3 is 29.7 Å². The number of aromatic nitrogens is 1. The number of halogens is 1. The average molecular weight is 620 g/mol. The lowest BCUT2D eigenvalue weighted by atomic mass is 10.0. The molecule has 46 heavy (non-hydrogen) atoms. The number of hydrogen-bond acceptors (Lipinski definition) is 6. The first-order valence-corrected chi connectivity index (χ1v) is 16.0. The number of likely N-dealkylation sites (tertiary alicyclic amines) is 1. The number of para-hydroxylation sites is 1. The molecule has 9 heteroatoms. The fourth-order valence-electron chi connectivity index (χ4n) is 6.76. The number of nitrogens with one attached hydrogen (secondary N) is 2. The summed E-state index contributed by atoms with van der Waals surface area (Å²) in [6.45, 7) is 2.76. The van der Waals surface area contributed by atoms with Gasteiger partial charge in [-0.15, -0.1) is 0 Å². The van der Waals surface area contributed by atoms with Gasteiger partial charge in [-0.1, -0.05) is 42.5 Å². The van der Waals surface area contributed by atoms with Crippen molar-refractivity contribution in [2.45, 2.75) is 31.7 Å². The number of pyridine rings is 1. The number of ether oxygens (including phenoxy) is 1. The number of amides is 1. The van der Waals surface area contributed by atoms with E-state index in [-0.39, 0.29) is 22.4 Å². The van der Waals surface area contributed by atoms with Crippen molar-refractivity contribution in [3.8, 4) is 17.2 Å². The minimum atomic E-state index is -0.603. The Labute approximate surface area is 267 Å². The van der Waals surface area contributed by atoms with E-state index in [1.807, 2.05) is 66.2 Å². The molecule has 1 saturated heterocycles. The molecule has 1 atom stereocenters. The molecular formula is C37H38FN5O3. The molecule has 5 aromatic rings. The summed E-state index contributed by atoms with van der Waals surface area (Å²) in [4.78, 5) is 31.7. The maximum Gasteiger partial charge on any atom is 0.256 e. The number of nitrogens with zero attached hydrogens (tertiary/aromatic N) is 3. The van der Waals surface area contributed by atoms with Gasteiger partial charge in [0.15, 0.2) is 17.3 Å². The van der Waals surface area contributed by atoms with Gasteiger partial charge in [-0.05, 0) is 80.4 Å². The van der Waals surface area contributed by atoms with Gasteiger partial charge in [0.1, 0.15) is 16.8 Å². The van der Waals surface area contributed by atoms with Crippen LogP contribution in [0.15, 0.2) is 83.8 Å². The fourth-order valence-corrected chi connectivity index (χ4v) is 6.76. The Morgan fingerprint density at radius 3 is 2.57 bits per heavy atom. The molecular weight excluding hydrogens is 581 g/mol. The summed E-state index contributed by atoms with van der Waals surface area (Å²) in [6.07, 6.45) is 5.38. The van der Waals surface area contributed by atoms with Gasteiger partial charge in [-0.25, -0.2) is 4.39 Å². The Hall–Kier alpha value is -4.89. The van der Waals surface area contributed by atoms with Crippen LogP contribution in [0, 0.1) is 5.82 Å². The van der Waals surface area contributed by atoms with Gasteiger partial charge in [0.25, 0.3) is 5.91 Å². The summed E-state index contributed by atoms with van der Waals surface area (Å²) in [5.41, 5.74) is 1.87. The molecule has 2 N–H and O–H groups in total. The zero-order valence-corrected chi connectivity index (χ0v) is 26.2. The molecule has 2 aliphatic rings. The van der Waals surface area contributed by atoms with E-state index in [2.05, 4.69) is 39.6 Å². The van der Waals surface area contributed by atoms with Crippen molar-refractivity contribution in [3.05, 3.63) is 101 Å². The summed E-state index contributed by atoms with van der Waals surface area (Å²) < 4.78 is 24.2. The van der Waals surface area contributed by atoms with E-state index >= 15 is 4.39 Å². The minimum absolute atomic E-state index is 0.0247. The zero-order chi connectivity index (χ0) is 31.8. The van der Waals surface area contributed by atoms with E-state index in [0.29, 0.717) is 36.1 Å². The monoisotopic (exact) mass is 619 g/mol. The van der Waals surface area contributed by atoms with Gasteiger partial charge in [0.2, 0.25) is 5.43 Å². The molecule has 0 saturated carbocycles. The first-order valence-electron chi connectivity index (χ1n) is 16.0. The molecule has 2 aliphatic heterocycles. The molecule has 0 aliphatic carbocycles. The second kappa shape index (κ2) is 12.5. The largest absolute Gasteiger partial charge is 0.451 e. The van der Waals surface area contributed by atoms with Gasteiger partial charge in [-0.3, -0.25) is 9.59 Å². The Morgan fingerprint density at radius 2 is 1.80 bits per heavy atom. The number of anilines is 2. The smallest absolute Gasteiger partial charge is 0.256 e. The molecule has 4 aromatic carbocycles. The second-order valence-electron chi connectivity index (χ2n) is 12.3. The van der Waals surface area contributed by atoms with Crippen molar-refractivity contribution in [2.75, 3.05) is 50.5 Å². The first kappa shape index (κ1) is 29.8. The summed E-state index contributed by atoms with van der Waals surface area (Å²) >= 11 is 0. The molecule has 8 nitrogen and oxygen atoms in total. The molecule has 7 rings (SSSR count). The van der Waals surface area contributed by atoms with Crippen molar-refractivity contribution in [3.63, 3.8) is 0 Å². The lowest BCUT2D eigenvalue weighted by molar-refractivity contribution is 0.0949.